The molecule has 1 N–H and O–H groups in total. The molecule has 0 saturated carbocycles. The summed E-state index contributed by atoms with van der Waals surface area (Å²) in [5.74, 6) is 0.116. The van der Waals surface area contributed by atoms with E-state index < -0.39 is 5.97 Å². The Morgan fingerprint density at radius 1 is 0.902 bits per heavy atom. The second-order valence-corrected chi connectivity index (χ2v) is 12.0. The zero-order valence-corrected chi connectivity index (χ0v) is 24.9. The molecule has 0 unspecified atom stereocenters. The molecule has 6 nitrogen and oxygen atoms in total. The monoisotopic (exact) mass is 567 g/mol. The summed E-state index contributed by atoms with van der Waals surface area (Å²) in [5.41, 5.74) is 6.70. The van der Waals surface area contributed by atoms with E-state index in [1.54, 1.807) is 31.4 Å². The van der Waals surface area contributed by atoms with Gasteiger partial charge in [0.2, 0.25) is 0 Å². The van der Waals surface area contributed by atoms with Crippen LogP contribution in [0.1, 0.15) is 62.4 Å². The quantitative estimate of drug-likeness (QED) is 0.179. The van der Waals surface area contributed by atoms with E-state index in [4.69, 9.17) is 14.2 Å². The lowest BCUT2D eigenvalue weighted by atomic mass is 9.85. The van der Waals surface area contributed by atoms with E-state index in [-0.39, 0.29) is 18.1 Å². The van der Waals surface area contributed by atoms with Crippen molar-refractivity contribution in [1.82, 2.24) is 0 Å². The standard InChI is InChI=1S/C34H33NO5S/c1-20-9-7-8-10-24(20)32(36)40-23-12-13-26(29(17-23)38-6)25-14-15-28-31(21(2)18-34(4,5)35-28)27(25)19-39-33(37)30-16-11-22(3)41-30/h7-18,35H,19H2,1-6H3. The minimum Gasteiger partial charge on any atom is -0.496 e. The highest BCUT2D eigenvalue weighted by molar-refractivity contribution is 7.13. The summed E-state index contributed by atoms with van der Waals surface area (Å²) in [6.07, 6.45) is 2.18. The average Bonchev–Trinajstić information content (AvgIpc) is 3.37. The second kappa shape index (κ2) is 11.3. The van der Waals surface area contributed by atoms with Crippen LogP contribution in [0.5, 0.6) is 11.5 Å². The highest BCUT2D eigenvalue weighted by atomic mass is 32.1. The predicted octanol–water partition coefficient (Wildman–Crippen LogP) is 8.22. The number of fused-ring (bicyclic) bond motifs is 1. The van der Waals surface area contributed by atoms with E-state index in [1.165, 1.54) is 11.3 Å². The van der Waals surface area contributed by atoms with Gasteiger partial charge in [-0.3, -0.25) is 0 Å². The Kier molecular flexibility index (Phi) is 7.74. The van der Waals surface area contributed by atoms with Gasteiger partial charge >= 0.3 is 11.9 Å². The third-order valence-electron chi connectivity index (χ3n) is 7.07. The molecule has 41 heavy (non-hydrogen) atoms. The summed E-state index contributed by atoms with van der Waals surface area (Å²) >= 11 is 1.41. The van der Waals surface area contributed by atoms with Gasteiger partial charge in [-0.15, -0.1) is 11.3 Å². The summed E-state index contributed by atoms with van der Waals surface area (Å²) in [5, 5.41) is 3.58. The molecule has 210 valence electrons. The van der Waals surface area contributed by atoms with E-state index >= 15 is 0 Å². The molecule has 2 heterocycles. The molecule has 7 heteroatoms. The molecule has 0 fully saturated rings. The highest BCUT2D eigenvalue weighted by Crippen LogP contribution is 2.43. The van der Waals surface area contributed by atoms with Crippen LogP contribution in [0.15, 0.2) is 72.8 Å². The molecule has 0 spiro atoms. The van der Waals surface area contributed by atoms with Crippen molar-refractivity contribution in [3.63, 3.8) is 0 Å². The smallest absolute Gasteiger partial charge is 0.348 e. The van der Waals surface area contributed by atoms with Gasteiger partial charge in [0.25, 0.3) is 0 Å². The van der Waals surface area contributed by atoms with Gasteiger partial charge < -0.3 is 19.5 Å². The molecule has 0 aliphatic carbocycles. The zero-order valence-electron chi connectivity index (χ0n) is 24.1. The Hall–Kier alpha value is -4.36. The van der Waals surface area contributed by atoms with Gasteiger partial charge in [0.15, 0.2) is 0 Å². The number of anilines is 1. The number of carbonyl (C=O) groups is 2. The molecule has 3 aromatic carbocycles. The maximum atomic E-state index is 12.9. The van der Waals surface area contributed by atoms with E-state index in [2.05, 4.69) is 32.2 Å². The van der Waals surface area contributed by atoms with Crippen molar-refractivity contribution >= 4 is 34.5 Å². The maximum absolute atomic E-state index is 12.9. The number of methoxy groups -OCH3 is 1. The van der Waals surface area contributed by atoms with Gasteiger partial charge in [0, 0.05) is 33.3 Å². The summed E-state index contributed by atoms with van der Waals surface area (Å²) in [4.78, 5) is 27.4. The Bertz CT molecular complexity index is 1680. The van der Waals surface area contributed by atoms with Crippen LogP contribution in [0.25, 0.3) is 16.7 Å². The van der Waals surface area contributed by atoms with Crippen molar-refractivity contribution in [2.45, 2.75) is 46.8 Å². The van der Waals surface area contributed by atoms with Crippen molar-refractivity contribution in [2.24, 2.45) is 0 Å². The molecule has 1 aromatic heterocycles. The number of benzene rings is 3. The third kappa shape index (κ3) is 5.91. The Balaban J connectivity index is 1.53. The van der Waals surface area contributed by atoms with Crippen LogP contribution in [-0.2, 0) is 11.3 Å². The summed E-state index contributed by atoms with van der Waals surface area (Å²) in [6, 6.07) is 20.4. The average molecular weight is 568 g/mol. The fourth-order valence-corrected chi connectivity index (χ4v) is 6.04. The summed E-state index contributed by atoms with van der Waals surface area (Å²) < 4.78 is 17.4. The van der Waals surface area contributed by atoms with Crippen molar-refractivity contribution in [1.29, 1.82) is 0 Å². The van der Waals surface area contributed by atoms with Gasteiger partial charge in [0.05, 0.1) is 18.2 Å². The minimum atomic E-state index is -0.433. The lowest BCUT2D eigenvalue weighted by Gasteiger charge is -2.33. The topological polar surface area (TPSA) is 73.9 Å². The number of hydrogen-bond donors (Lipinski definition) is 1. The van der Waals surface area contributed by atoms with Crippen LogP contribution in [0.3, 0.4) is 0 Å². The Labute approximate surface area is 244 Å². The van der Waals surface area contributed by atoms with Crippen LogP contribution in [-0.4, -0.2) is 24.6 Å². The normalized spacial score (nSPS) is 13.5. The Morgan fingerprint density at radius 3 is 2.37 bits per heavy atom. The number of ether oxygens (including phenoxy) is 3. The van der Waals surface area contributed by atoms with Crippen molar-refractivity contribution in [2.75, 3.05) is 12.4 Å². The third-order valence-corrected chi connectivity index (χ3v) is 8.05. The van der Waals surface area contributed by atoms with Crippen LogP contribution in [0.2, 0.25) is 0 Å². The van der Waals surface area contributed by atoms with Crippen molar-refractivity contribution in [3.8, 4) is 22.6 Å². The largest absolute Gasteiger partial charge is 0.496 e. The van der Waals surface area contributed by atoms with E-state index in [0.29, 0.717) is 21.9 Å². The predicted molar refractivity (Wildman–Crippen MR) is 164 cm³/mol. The lowest BCUT2D eigenvalue weighted by molar-refractivity contribution is 0.0478. The fraction of sp³-hybridized carbons (Fsp3) is 0.235. The second-order valence-electron chi connectivity index (χ2n) is 10.7. The first kappa shape index (κ1) is 28.2. The van der Waals surface area contributed by atoms with E-state index in [0.717, 1.165) is 44.0 Å². The SMILES string of the molecule is COc1cc(OC(=O)c2ccccc2C)ccc1-c1ccc2c(c1COC(=O)c1ccc(C)s1)C(C)=CC(C)(C)N2. The lowest BCUT2D eigenvalue weighted by Crippen LogP contribution is -2.32. The molecule has 4 aromatic rings. The molecular weight excluding hydrogens is 534 g/mol. The molecule has 5 rings (SSSR count). The number of hydrogen-bond acceptors (Lipinski definition) is 7. The number of thiophene rings is 1. The van der Waals surface area contributed by atoms with Gasteiger partial charge in [-0.05, 0) is 87.7 Å². The van der Waals surface area contributed by atoms with E-state index in [9.17, 15) is 9.59 Å². The van der Waals surface area contributed by atoms with Crippen LogP contribution in [0, 0.1) is 13.8 Å². The highest BCUT2D eigenvalue weighted by Gasteiger charge is 2.27. The molecule has 0 bridgehead atoms. The van der Waals surface area contributed by atoms with Crippen LogP contribution >= 0.6 is 11.3 Å². The maximum Gasteiger partial charge on any atom is 0.348 e. The molecule has 0 saturated heterocycles. The number of allylic oxidation sites excluding steroid dienone is 1. The summed E-state index contributed by atoms with van der Waals surface area (Å²) in [6.45, 7) is 10.2. The summed E-state index contributed by atoms with van der Waals surface area (Å²) in [7, 11) is 1.58. The van der Waals surface area contributed by atoms with Gasteiger partial charge in [-0.2, -0.15) is 0 Å². The first-order valence-electron chi connectivity index (χ1n) is 13.4. The first-order valence-corrected chi connectivity index (χ1v) is 14.2. The number of nitrogens with one attached hydrogen (secondary N) is 1. The Morgan fingerprint density at radius 2 is 1.66 bits per heavy atom. The number of aryl methyl sites for hydroxylation is 2. The van der Waals surface area contributed by atoms with Crippen LogP contribution in [0.4, 0.5) is 5.69 Å². The molecule has 1 aliphatic rings. The minimum absolute atomic E-state index is 0.0781. The molecular formula is C34H33NO5S. The van der Waals surface area contributed by atoms with Crippen LogP contribution < -0.4 is 14.8 Å². The zero-order chi connectivity index (χ0) is 29.3. The number of carbonyl (C=O) groups excluding carboxylic acids is 2. The fourth-order valence-electron chi connectivity index (χ4n) is 5.28. The molecule has 0 radical (unpaired) electrons. The molecule has 0 atom stereocenters. The van der Waals surface area contributed by atoms with E-state index in [1.807, 2.05) is 56.3 Å². The van der Waals surface area contributed by atoms with Crippen molar-refractivity contribution < 1.29 is 23.8 Å². The number of rotatable bonds is 7. The number of esters is 2. The molecule has 0 amide bonds. The molecule has 1 aliphatic heterocycles. The van der Waals surface area contributed by atoms with Crippen molar-refractivity contribution in [3.05, 3.63) is 105 Å². The van der Waals surface area contributed by atoms with Gasteiger partial charge in [0.1, 0.15) is 23.0 Å². The first-order chi connectivity index (χ1) is 19.6. The van der Waals surface area contributed by atoms with Gasteiger partial charge in [-0.1, -0.05) is 30.3 Å². The van der Waals surface area contributed by atoms with Gasteiger partial charge in [-0.25, -0.2) is 9.59 Å².